The average Bonchev–Trinajstić information content (AvgIpc) is 2.81. The van der Waals surface area contributed by atoms with Gasteiger partial charge in [-0.3, -0.25) is 0 Å². The van der Waals surface area contributed by atoms with Crippen molar-refractivity contribution in [2.45, 2.75) is 52.4 Å². The molecule has 2 aromatic rings. The van der Waals surface area contributed by atoms with E-state index in [-0.39, 0.29) is 10.8 Å². The molecule has 2 rings (SSSR count). The molecule has 8 heteroatoms. The molecular weight excluding hydrogens is 375 g/mol. The summed E-state index contributed by atoms with van der Waals surface area (Å²) in [6, 6.07) is 8.29. The predicted octanol–water partition coefficient (Wildman–Crippen LogP) is 7.84. The predicted molar refractivity (Wildman–Crippen MR) is 99.0 cm³/mol. The van der Waals surface area contributed by atoms with E-state index in [9.17, 15) is 17.3 Å². The molecule has 0 fully saturated rings. The Bertz CT molecular complexity index is 676. The zero-order valence-electron chi connectivity index (χ0n) is 15.1. The van der Waals surface area contributed by atoms with E-state index in [0.29, 0.717) is 0 Å². The quantitative estimate of drug-likeness (QED) is 0.271. The van der Waals surface area contributed by atoms with Crippen molar-refractivity contribution in [2.24, 2.45) is 0 Å². The third-order valence-corrected chi connectivity index (χ3v) is 4.41. The largest absolute Gasteiger partial charge is 0.673 e. The van der Waals surface area contributed by atoms with E-state index in [1.165, 1.54) is 10.4 Å². The van der Waals surface area contributed by atoms with Crippen LogP contribution in [0.2, 0.25) is 4.34 Å². The van der Waals surface area contributed by atoms with Gasteiger partial charge in [0, 0.05) is 22.6 Å². The van der Waals surface area contributed by atoms with Crippen molar-refractivity contribution < 1.29 is 21.7 Å². The highest BCUT2D eigenvalue weighted by Gasteiger charge is 2.34. The van der Waals surface area contributed by atoms with Crippen LogP contribution in [0.5, 0.6) is 0 Å². The van der Waals surface area contributed by atoms with Crippen molar-refractivity contribution >= 4 is 30.2 Å². The number of rotatable bonds is 1. The first-order valence-corrected chi connectivity index (χ1v) is 8.89. The number of halogens is 5. The minimum absolute atomic E-state index is 0.0168. The Morgan fingerprint density at radius 1 is 0.880 bits per heavy atom. The van der Waals surface area contributed by atoms with Crippen LogP contribution in [-0.2, 0) is 10.8 Å². The first kappa shape index (κ1) is 22.0. The molecule has 0 saturated carbocycles. The van der Waals surface area contributed by atoms with Crippen LogP contribution in [0.25, 0.3) is 10.4 Å². The molecular formula is C17H22BClF4OS. The molecule has 25 heavy (non-hydrogen) atoms. The Balaban J connectivity index is 0.000000550. The van der Waals surface area contributed by atoms with Crippen molar-refractivity contribution in [2.75, 3.05) is 0 Å². The van der Waals surface area contributed by atoms with Crippen molar-refractivity contribution in [1.29, 1.82) is 0 Å². The highest BCUT2D eigenvalue weighted by Crippen LogP contribution is 2.37. The van der Waals surface area contributed by atoms with Crippen LogP contribution in [0.4, 0.5) is 17.3 Å². The lowest BCUT2D eigenvalue weighted by Gasteiger charge is -2.14. The number of thiophene rings is 1. The van der Waals surface area contributed by atoms with E-state index in [0.717, 1.165) is 15.9 Å². The van der Waals surface area contributed by atoms with Gasteiger partial charge in [-0.15, -0.1) is 11.3 Å². The molecule has 0 N–H and O–H groups in total. The van der Waals surface area contributed by atoms with E-state index in [2.05, 4.69) is 59.7 Å². The van der Waals surface area contributed by atoms with Gasteiger partial charge in [-0.25, -0.2) is 4.42 Å². The normalized spacial score (nSPS) is 12.6. The summed E-state index contributed by atoms with van der Waals surface area (Å²) in [5.41, 5.74) is 1.15. The molecule has 0 aliphatic heterocycles. The van der Waals surface area contributed by atoms with E-state index in [1.54, 1.807) is 11.3 Å². The maximum Gasteiger partial charge on any atom is 0.673 e. The zero-order chi connectivity index (χ0) is 19.6. The van der Waals surface area contributed by atoms with Gasteiger partial charge in [0.1, 0.15) is 0 Å². The minimum atomic E-state index is -6.00. The van der Waals surface area contributed by atoms with Crippen LogP contribution in [0, 0.1) is 0 Å². The van der Waals surface area contributed by atoms with Crippen LogP contribution in [0.15, 0.2) is 28.7 Å². The van der Waals surface area contributed by atoms with Gasteiger partial charge in [0.15, 0.2) is 0 Å². The topological polar surface area (TPSA) is 11.3 Å². The van der Waals surface area contributed by atoms with Crippen LogP contribution >= 0.6 is 22.9 Å². The molecule has 0 aliphatic carbocycles. The van der Waals surface area contributed by atoms with Gasteiger partial charge in [0.2, 0.25) is 0 Å². The fraction of sp³-hybridized carbons (Fsp3) is 0.471. The molecule has 140 valence electrons. The molecule has 0 radical (unpaired) electrons. The summed E-state index contributed by atoms with van der Waals surface area (Å²) in [4.78, 5) is 1.18. The maximum absolute atomic E-state index is 9.75. The Kier molecular flexibility index (Phi) is 6.73. The molecule has 0 amide bonds. The molecule has 0 unspecified atom stereocenters. The van der Waals surface area contributed by atoms with E-state index >= 15 is 0 Å². The monoisotopic (exact) mass is 396 g/mol. The van der Waals surface area contributed by atoms with E-state index in [4.69, 9.17) is 16.0 Å². The summed E-state index contributed by atoms with van der Waals surface area (Å²) in [6.07, 6.45) is 0. The van der Waals surface area contributed by atoms with Gasteiger partial charge in [0.05, 0.1) is 15.2 Å². The lowest BCUT2D eigenvalue weighted by Crippen LogP contribution is -2.16. The second kappa shape index (κ2) is 7.66. The van der Waals surface area contributed by atoms with Gasteiger partial charge in [-0.05, 0) is 53.7 Å². The van der Waals surface area contributed by atoms with E-state index < -0.39 is 7.25 Å². The Labute approximate surface area is 155 Å². The molecule has 1 nitrogen and oxygen atoms in total. The van der Waals surface area contributed by atoms with Gasteiger partial charge in [0.25, 0.3) is 0 Å². The maximum atomic E-state index is 9.75. The second-order valence-corrected chi connectivity index (χ2v) is 9.39. The van der Waals surface area contributed by atoms with Gasteiger partial charge in [-0.2, -0.15) is 0 Å². The Morgan fingerprint density at radius 2 is 1.28 bits per heavy atom. The summed E-state index contributed by atoms with van der Waals surface area (Å²) < 4.78 is 46.0. The molecule has 2 heterocycles. The third-order valence-electron chi connectivity index (χ3n) is 3.13. The minimum Gasteiger partial charge on any atom is -0.418 e. The van der Waals surface area contributed by atoms with Crippen LogP contribution in [0.3, 0.4) is 0 Å². The summed E-state index contributed by atoms with van der Waals surface area (Å²) in [5.74, 6) is 2.01. The molecule has 2 aromatic heterocycles. The molecule has 0 bridgehead atoms. The lowest BCUT2D eigenvalue weighted by atomic mass is 9.88. The highest BCUT2D eigenvalue weighted by atomic mass is 35.5. The van der Waals surface area contributed by atoms with Crippen molar-refractivity contribution in [3.8, 4) is 10.4 Å². The molecule has 0 aromatic carbocycles. The number of hydrogen-bond donors (Lipinski definition) is 0. The van der Waals surface area contributed by atoms with Gasteiger partial charge in [-0.1, -0.05) is 11.6 Å². The van der Waals surface area contributed by atoms with Gasteiger partial charge >= 0.3 is 18.8 Å². The molecule has 0 saturated heterocycles. The Hall–Kier alpha value is -1.08. The molecule has 0 aliphatic rings. The summed E-state index contributed by atoms with van der Waals surface area (Å²) in [5, 5.41) is 0. The van der Waals surface area contributed by atoms with Crippen LogP contribution in [0.1, 0.15) is 53.1 Å². The lowest BCUT2D eigenvalue weighted by molar-refractivity contribution is 0.329. The fourth-order valence-corrected chi connectivity index (χ4v) is 2.88. The summed E-state index contributed by atoms with van der Waals surface area (Å²) >= 11 is 7.67. The standard InChI is InChI=1S/C17H22ClOS.BF4/c1-16(2,3)13-9-11(12-7-8-15(18)20-12)10-14(19-13)17(4,5)6;2-1(3,4)5/h7-10H,1-6H3;/q+1;-1. The van der Waals surface area contributed by atoms with Crippen molar-refractivity contribution in [1.82, 2.24) is 0 Å². The average molecular weight is 397 g/mol. The summed E-state index contributed by atoms with van der Waals surface area (Å²) in [7, 11) is -6.00. The van der Waals surface area contributed by atoms with Gasteiger partial charge < -0.3 is 17.3 Å². The third kappa shape index (κ3) is 7.78. The first-order chi connectivity index (χ1) is 11.1. The van der Waals surface area contributed by atoms with E-state index in [1.807, 2.05) is 6.07 Å². The van der Waals surface area contributed by atoms with Crippen LogP contribution < -0.4 is 0 Å². The summed E-state index contributed by atoms with van der Waals surface area (Å²) in [6.45, 7) is 13.0. The van der Waals surface area contributed by atoms with Crippen molar-refractivity contribution in [3.63, 3.8) is 0 Å². The number of hydrogen-bond acceptors (Lipinski definition) is 1. The fourth-order valence-electron chi connectivity index (χ4n) is 1.85. The van der Waals surface area contributed by atoms with Crippen LogP contribution in [-0.4, -0.2) is 7.25 Å². The molecule has 0 atom stereocenters. The van der Waals surface area contributed by atoms with Crippen molar-refractivity contribution in [3.05, 3.63) is 40.1 Å². The zero-order valence-corrected chi connectivity index (χ0v) is 16.7. The SMILES string of the molecule is CC(C)(C)c1cc(-c2ccc(Cl)s2)cc(C(C)(C)C)[o+]1.F[B-](F)(F)F. The smallest absolute Gasteiger partial charge is 0.418 e. The highest BCUT2D eigenvalue weighted by molar-refractivity contribution is 7.19. The Morgan fingerprint density at radius 3 is 1.56 bits per heavy atom. The second-order valence-electron chi connectivity index (χ2n) is 7.67. The first-order valence-electron chi connectivity index (χ1n) is 7.69. The molecule has 0 spiro atoms.